The number of hydrogen-bond acceptors (Lipinski definition) is 5. The number of imide groups is 1. The summed E-state index contributed by atoms with van der Waals surface area (Å²) in [6, 6.07) is 7.39. The molecular weight excluding hydrogens is 276 g/mol. The van der Waals surface area contributed by atoms with Gasteiger partial charge in [-0.15, -0.1) is 0 Å². The molecule has 1 fully saturated rings. The third kappa shape index (κ3) is 3.20. The van der Waals surface area contributed by atoms with E-state index in [1.807, 2.05) is 31.2 Å². The lowest BCUT2D eigenvalue weighted by molar-refractivity contribution is -0.122. The van der Waals surface area contributed by atoms with Crippen molar-refractivity contribution in [3.05, 3.63) is 34.7 Å². The second-order valence-electron chi connectivity index (χ2n) is 4.13. The third-order valence-electron chi connectivity index (χ3n) is 2.69. The van der Waals surface area contributed by atoms with Crippen LogP contribution in [0.2, 0.25) is 0 Å². The first-order chi connectivity index (χ1) is 9.65. The van der Waals surface area contributed by atoms with Crippen molar-refractivity contribution < 1.29 is 14.3 Å². The molecule has 5 nitrogen and oxygen atoms in total. The van der Waals surface area contributed by atoms with Crippen molar-refractivity contribution in [2.75, 3.05) is 19.7 Å². The Bertz CT molecular complexity index is 557. The van der Waals surface area contributed by atoms with Gasteiger partial charge in [-0.25, -0.2) is 0 Å². The molecule has 1 aromatic rings. The molecule has 106 valence electrons. The number of hydrogen-bond donors (Lipinski definition) is 1. The molecular formula is C14H16N2O3S. The van der Waals surface area contributed by atoms with Crippen molar-refractivity contribution in [3.63, 3.8) is 0 Å². The SMILES string of the molecule is CCOc1cccc(/C=C2\SC(=O)N(CCN)C2=O)c1. The largest absolute Gasteiger partial charge is 0.494 e. The van der Waals surface area contributed by atoms with E-state index in [4.69, 9.17) is 10.5 Å². The second-order valence-corrected chi connectivity index (χ2v) is 5.12. The lowest BCUT2D eigenvalue weighted by atomic mass is 10.2. The summed E-state index contributed by atoms with van der Waals surface area (Å²) >= 11 is 0.938. The summed E-state index contributed by atoms with van der Waals surface area (Å²) in [7, 11) is 0. The van der Waals surface area contributed by atoms with Crippen LogP contribution in [0.25, 0.3) is 6.08 Å². The van der Waals surface area contributed by atoms with E-state index in [0.717, 1.165) is 23.1 Å². The number of nitrogens with zero attached hydrogens (tertiary/aromatic N) is 1. The molecule has 0 spiro atoms. The molecule has 1 aliphatic rings. The van der Waals surface area contributed by atoms with E-state index in [1.54, 1.807) is 6.08 Å². The first-order valence-corrected chi connectivity index (χ1v) is 7.15. The highest BCUT2D eigenvalue weighted by Crippen LogP contribution is 2.32. The van der Waals surface area contributed by atoms with E-state index in [9.17, 15) is 9.59 Å². The Balaban J connectivity index is 2.21. The van der Waals surface area contributed by atoms with Crippen molar-refractivity contribution in [3.8, 4) is 5.75 Å². The molecule has 0 radical (unpaired) electrons. The van der Waals surface area contributed by atoms with Crippen molar-refractivity contribution >= 4 is 29.0 Å². The van der Waals surface area contributed by atoms with Crippen LogP contribution in [0.5, 0.6) is 5.75 Å². The fraction of sp³-hybridized carbons (Fsp3) is 0.286. The molecule has 0 aliphatic carbocycles. The van der Waals surface area contributed by atoms with Crippen LogP contribution in [-0.2, 0) is 4.79 Å². The molecule has 1 heterocycles. The van der Waals surface area contributed by atoms with E-state index < -0.39 is 0 Å². The number of thioether (sulfide) groups is 1. The number of amides is 2. The number of carbonyl (C=O) groups excluding carboxylic acids is 2. The maximum Gasteiger partial charge on any atom is 0.293 e. The lowest BCUT2D eigenvalue weighted by Crippen LogP contribution is -2.33. The highest BCUT2D eigenvalue weighted by Gasteiger charge is 2.34. The van der Waals surface area contributed by atoms with Crippen molar-refractivity contribution in [2.45, 2.75) is 6.92 Å². The van der Waals surface area contributed by atoms with E-state index in [1.165, 1.54) is 4.90 Å². The second kappa shape index (κ2) is 6.58. The molecule has 0 aromatic heterocycles. The first kappa shape index (κ1) is 14.6. The first-order valence-electron chi connectivity index (χ1n) is 6.34. The average molecular weight is 292 g/mol. The Hall–Kier alpha value is -1.79. The van der Waals surface area contributed by atoms with Gasteiger partial charge in [0.1, 0.15) is 5.75 Å². The van der Waals surface area contributed by atoms with Crippen LogP contribution in [0.3, 0.4) is 0 Å². The number of carbonyl (C=O) groups is 2. The molecule has 0 unspecified atom stereocenters. The highest BCUT2D eigenvalue weighted by molar-refractivity contribution is 8.18. The standard InChI is InChI=1S/C14H16N2O3S/c1-2-19-11-5-3-4-10(8-11)9-12-13(17)16(7-6-15)14(18)20-12/h3-5,8-9H,2,6-7,15H2,1H3/b12-9-. The Morgan fingerprint density at radius 3 is 2.90 bits per heavy atom. The van der Waals surface area contributed by atoms with Gasteiger partial charge in [0.25, 0.3) is 11.1 Å². The normalized spacial score (nSPS) is 17.1. The highest BCUT2D eigenvalue weighted by atomic mass is 32.2. The van der Waals surface area contributed by atoms with Crippen LogP contribution >= 0.6 is 11.8 Å². The summed E-state index contributed by atoms with van der Waals surface area (Å²) < 4.78 is 5.40. The molecule has 1 aromatic carbocycles. The smallest absolute Gasteiger partial charge is 0.293 e. The van der Waals surface area contributed by atoms with E-state index in [0.29, 0.717) is 11.5 Å². The van der Waals surface area contributed by atoms with Crippen LogP contribution in [0.15, 0.2) is 29.2 Å². The van der Waals surface area contributed by atoms with Crippen LogP contribution in [0.1, 0.15) is 12.5 Å². The quantitative estimate of drug-likeness (QED) is 0.841. The number of ether oxygens (including phenoxy) is 1. The fourth-order valence-electron chi connectivity index (χ4n) is 1.83. The number of rotatable bonds is 5. The fourth-order valence-corrected chi connectivity index (χ4v) is 2.70. The minimum atomic E-state index is -0.285. The minimum Gasteiger partial charge on any atom is -0.494 e. The molecule has 6 heteroatoms. The molecule has 2 N–H and O–H groups in total. The molecule has 20 heavy (non-hydrogen) atoms. The Morgan fingerprint density at radius 2 is 2.20 bits per heavy atom. The van der Waals surface area contributed by atoms with Crippen LogP contribution in [0, 0.1) is 0 Å². The van der Waals surface area contributed by atoms with Gasteiger partial charge < -0.3 is 10.5 Å². The monoisotopic (exact) mass is 292 g/mol. The average Bonchev–Trinajstić information content (AvgIpc) is 2.68. The van der Waals surface area contributed by atoms with E-state index >= 15 is 0 Å². The number of benzene rings is 1. The summed E-state index contributed by atoms with van der Waals surface area (Å²) in [5.74, 6) is 0.453. The summed E-state index contributed by atoms with van der Waals surface area (Å²) in [6.07, 6.45) is 1.70. The third-order valence-corrected chi connectivity index (χ3v) is 3.60. The number of nitrogens with two attached hydrogens (primary N) is 1. The van der Waals surface area contributed by atoms with Crippen molar-refractivity contribution in [1.29, 1.82) is 0 Å². The summed E-state index contributed by atoms with van der Waals surface area (Å²) in [5.41, 5.74) is 6.22. The zero-order valence-electron chi connectivity index (χ0n) is 11.2. The van der Waals surface area contributed by atoms with E-state index in [-0.39, 0.29) is 24.2 Å². The van der Waals surface area contributed by atoms with Crippen molar-refractivity contribution in [2.24, 2.45) is 5.73 Å². The van der Waals surface area contributed by atoms with Gasteiger partial charge in [-0.1, -0.05) is 12.1 Å². The van der Waals surface area contributed by atoms with Gasteiger partial charge >= 0.3 is 0 Å². The molecule has 0 saturated carbocycles. The Labute approximate surface area is 121 Å². The Morgan fingerprint density at radius 1 is 1.40 bits per heavy atom. The summed E-state index contributed by atoms with van der Waals surface area (Å²) in [5, 5.41) is -0.271. The van der Waals surface area contributed by atoms with Gasteiger partial charge in [0.05, 0.1) is 11.5 Å². The zero-order valence-corrected chi connectivity index (χ0v) is 12.0. The molecule has 1 saturated heterocycles. The lowest BCUT2D eigenvalue weighted by Gasteiger charge is -2.09. The van der Waals surface area contributed by atoms with Crippen LogP contribution in [0.4, 0.5) is 4.79 Å². The predicted molar refractivity (Wildman–Crippen MR) is 79.3 cm³/mol. The zero-order chi connectivity index (χ0) is 14.5. The van der Waals surface area contributed by atoms with Gasteiger partial charge in [-0.2, -0.15) is 0 Å². The molecule has 2 amide bonds. The van der Waals surface area contributed by atoms with Gasteiger partial charge in [0, 0.05) is 13.1 Å². The van der Waals surface area contributed by atoms with Gasteiger partial charge in [0.2, 0.25) is 0 Å². The molecule has 0 atom stereocenters. The van der Waals surface area contributed by atoms with E-state index in [2.05, 4.69) is 0 Å². The van der Waals surface area contributed by atoms with Gasteiger partial charge in [0.15, 0.2) is 0 Å². The minimum absolute atomic E-state index is 0.251. The molecule has 0 bridgehead atoms. The van der Waals surface area contributed by atoms with Crippen LogP contribution in [-0.4, -0.2) is 35.7 Å². The molecule has 2 rings (SSSR count). The van der Waals surface area contributed by atoms with Gasteiger partial charge in [-0.05, 0) is 42.5 Å². The maximum absolute atomic E-state index is 12.1. The maximum atomic E-state index is 12.1. The molecule has 1 aliphatic heterocycles. The van der Waals surface area contributed by atoms with Crippen molar-refractivity contribution in [1.82, 2.24) is 4.90 Å². The summed E-state index contributed by atoms with van der Waals surface area (Å²) in [6.45, 7) is 3.01. The van der Waals surface area contributed by atoms with Gasteiger partial charge in [-0.3, -0.25) is 14.5 Å². The predicted octanol–water partition coefficient (Wildman–Crippen LogP) is 2.08. The summed E-state index contributed by atoms with van der Waals surface area (Å²) in [4.78, 5) is 25.3. The Kier molecular flexibility index (Phi) is 4.81. The van der Waals surface area contributed by atoms with Crippen LogP contribution < -0.4 is 10.5 Å². The topological polar surface area (TPSA) is 72.6 Å².